The minimum absolute atomic E-state index is 0.525. The maximum atomic E-state index is 10.4. The van der Waals surface area contributed by atoms with E-state index >= 15 is 0 Å². The van der Waals surface area contributed by atoms with Crippen LogP contribution in [0, 0.1) is 11.3 Å². The van der Waals surface area contributed by atoms with Crippen LogP contribution in [0.5, 0.6) is 0 Å². The zero-order valence-electron chi connectivity index (χ0n) is 6.70. The van der Waals surface area contributed by atoms with Gasteiger partial charge in [-0.05, 0) is 35.4 Å². The molecule has 0 amide bonds. The molecule has 0 aliphatic heterocycles. The van der Waals surface area contributed by atoms with Crippen molar-refractivity contribution >= 4 is 22.9 Å². The Morgan fingerprint density at radius 2 is 2.15 bits per heavy atom. The van der Waals surface area contributed by atoms with Gasteiger partial charge in [0.05, 0.1) is 11.6 Å². The highest BCUT2D eigenvalue weighted by Crippen LogP contribution is 2.09. The summed E-state index contributed by atoms with van der Waals surface area (Å²) in [5.41, 5.74) is 1.22. The van der Waals surface area contributed by atoms with Crippen LogP contribution in [-0.4, -0.2) is 5.24 Å². The van der Waals surface area contributed by atoms with Gasteiger partial charge in [0.15, 0.2) is 0 Å². The van der Waals surface area contributed by atoms with Gasteiger partial charge in [-0.2, -0.15) is 5.26 Å². The lowest BCUT2D eigenvalue weighted by Crippen LogP contribution is -1.81. The maximum absolute atomic E-state index is 10.4. The van der Waals surface area contributed by atoms with Gasteiger partial charge in [-0.25, -0.2) is 0 Å². The molecule has 0 bridgehead atoms. The second kappa shape index (κ2) is 4.44. The first-order valence-electron chi connectivity index (χ1n) is 3.60. The van der Waals surface area contributed by atoms with E-state index < -0.39 is 5.24 Å². The number of rotatable bonds is 2. The number of nitriles is 1. The number of nitrogens with zero attached hydrogens (tertiary/aromatic N) is 1. The molecule has 13 heavy (non-hydrogen) atoms. The molecule has 2 nitrogen and oxygen atoms in total. The standard InChI is InChI=1S/C10H6ClNO/c11-10(13)6-5-8-3-1-2-4-9(8)7-12/h1-6H/b6-5+. The molecule has 0 aliphatic rings. The van der Waals surface area contributed by atoms with E-state index in [1.807, 2.05) is 6.07 Å². The molecule has 0 saturated heterocycles. The van der Waals surface area contributed by atoms with Crippen LogP contribution in [0.4, 0.5) is 0 Å². The summed E-state index contributed by atoms with van der Waals surface area (Å²) in [6, 6.07) is 8.99. The summed E-state index contributed by atoms with van der Waals surface area (Å²) < 4.78 is 0. The summed E-state index contributed by atoms with van der Waals surface area (Å²) in [6.07, 6.45) is 2.74. The Kier molecular flexibility index (Phi) is 3.24. The monoisotopic (exact) mass is 191 g/mol. The van der Waals surface area contributed by atoms with Crippen molar-refractivity contribution in [2.45, 2.75) is 0 Å². The summed E-state index contributed by atoms with van der Waals surface area (Å²) >= 11 is 5.11. The zero-order valence-corrected chi connectivity index (χ0v) is 7.45. The van der Waals surface area contributed by atoms with E-state index in [0.717, 1.165) is 0 Å². The topological polar surface area (TPSA) is 40.9 Å². The molecule has 0 saturated carbocycles. The molecule has 3 heteroatoms. The van der Waals surface area contributed by atoms with Crippen LogP contribution in [0.15, 0.2) is 30.3 Å². The lowest BCUT2D eigenvalue weighted by atomic mass is 10.1. The van der Waals surface area contributed by atoms with Crippen LogP contribution in [0.3, 0.4) is 0 Å². The number of halogens is 1. The van der Waals surface area contributed by atoms with Gasteiger partial charge in [0.2, 0.25) is 5.24 Å². The lowest BCUT2D eigenvalue weighted by molar-refractivity contribution is -0.107. The van der Waals surface area contributed by atoms with Crippen LogP contribution >= 0.6 is 11.6 Å². The Labute approximate surface area is 81.1 Å². The first-order chi connectivity index (χ1) is 6.24. The Hall–Kier alpha value is -1.59. The van der Waals surface area contributed by atoms with E-state index in [9.17, 15) is 4.79 Å². The molecule has 0 fully saturated rings. The predicted octanol–water partition coefficient (Wildman–Crippen LogP) is 2.34. The molecular weight excluding hydrogens is 186 g/mol. The van der Waals surface area contributed by atoms with Gasteiger partial charge in [0, 0.05) is 0 Å². The molecule has 0 radical (unpaired) electrons. The molecule has 0 aliphatic carbocycles. The summed E-state index contributed by atoms with van der Waals surface area (Å²) in [6.45, 7) is 0. The average molecular weight is 192 g/mol. The second-order valence-corrected chi connectivity index (χ2v) is 2.71. The van der Waals surface area contributed by atoms with Gasteiger partial charge in [-0.3, -0.25) is 4.79 Å². The SMILES string of the molecule is N#Cc1ccccc1/C=C/C(=O)Cl. The number of carbonyl (C=O) groups excluding carboxylic acids is 1. The van der Waals surface area contributed by atoms with Gasteiger partial charge >= 0.3 is 0 Å². The molecule has 0 atom stereocenters. The molecule has 64 valence electrons. The van der Waals surface area contributed by atoms with Gasteiger partial charge in [-0.15, -0.1) is 0 Å². The largest absolute Gasteiger partial charge is 0.276 e. The van der Waals surface area contributed by atoms with Crippen molar-refractivity contribution in [3.63, 3.8) is 0 Å². The van der Waals surface area contributed by atoms with Crippen molar-refractivity contribution in [2.24, 2.45) is 0 Å². The van der Waals surface area contributed by atoms with Crippen molar-refractivity contribution in [1.82, 2.24) is 0 Å². The predicted molar refractivity (Wildman–Crippen MR) is 51.1 cm³/mol. The van der Waals surface area contributed by atoms with E-state index in [4.69, 9.17) is 16.9 Å². The molecule has 0 spiro atoms. The van der Waals surface area contributed by atoms with E-state index in [1.165, 1.54) is 12.2 Å². The summed E-state index contributed by atoms with van der Waals surface area (Å²) in [4.78, 5) is 10.4. The maximum Gasteiger partial charge on any atom is 0.245 e. The van der Waals surface area contributed by atoms with Crippen molar-refractivity contribution < 1.29 is 4.79 Å². The highest BCUT2D eigenvalue weighted by Gasteiger charge is 1.95. The fraction of sp³-hybridized carbons (Fsp3) is 0. The highest BCUT2D eigenvalue weighted by molar-refractivity contribution is 6.66. The van der Waals surface area contributed by atoms with Crippen LogP contribution in [0.25, 0.3) is 6.08 Å². The van der Waals surface area contributed by atoms with Crippen molar-refractivity contribution in [3.8, 4) is 6.07 Å². The third-order valence-electron chi connectivity index (χ3n) is 1.48. The van der Waals surface area contributed by atoms with Crippen LogP contribution < -0.4 is 0 Å². The summed E-state index contributed by atoms with van der Waals surface area (Å²) in [7, 11) is 0. The third kappa shape index (κ3) is 2.73. The molecular formula is C10H6ClNO. The normalized spacial score (nSPS) is 9.85. The number of allylic oxidation sites excluding steroid dienone is 1. The van der Waals surface area contributed by atoms with Gasteiger partial charge in [-0.1, -0.05) is 18.2 Å². The average Bonchev–Trinajstić information content (AvgIpc) is 2.15. The Morgan fingerprint density at radius 1 is 1.46 bits per heavy atom. The van der Waals surface area contributed by atoms with Crippen molar-refractivity contribution in [3.05, 3.63) is 41.5 Å². The number of benzene rings is 1. The Bertz CT molecular complexity index is 390. The van der Waals surface area contributed by atoms with Crippen LogP contribution in [0.1, 0.15) is 11.1 Å². The first kappa shape index (κ1) is 9.50. The van der Waals surface area contributed by atoms with Gasteiger partial charge in [0.1, 0.15) is 0 Å². The minimum Gasteiger partial charge on any atom is -0.276 e. The van der Waals surface area contributed by atoms with Crippen molar-refractivity contribution in [2.75, 3.05) is 0 Å². The molecule has 1 aromatic rings. The lowest BCUT2D eigenvalue weighted by Gasteiger charge is -1.94. The fourth-order valence-electron chi connectivity index (χ4n) is 0.899. The minimum atomic E-state index is -0.548. The van der Waals surface area contributed by atoms with Crippen molar-refractivity contribution in [1.29, 1.82) is 5.26 Å². The molecule has 0 unspecified atom stereocenters. The summed E-state index contributed by atoms with van der Waals surface area (Å²) in [5, 5.41) is 8.13. The number of carbonyl (C=O) groups is 1. The van der Waals surface area contributed by atoms with Crippen LogP contribution in [-0.2, 0) is 4.79 Å². The zero-order chi connectivity index (χ0) is 9.68. The molecule has 0 heterocycles. The molecule has 0 N–H and O–H groups in total. The number of hydrogen-bond acceptors (Lipinski definition) is 2. The molecule has 0 aromatic heterocycles. The van der Waals surface area contributed by atoms with E-state index in [0.29, 0.717) is 11.1 Å². The fourth-order valence-corrected chi connectivity index (χ4v) is 0.962. The molecule has 1 aromatic carbocycles. The number of hydrogen-bond donors (Lipinski definition) is 0. The van der Waals surface area contributed by atoms with E-state index in [1.54, 1.807) is 24.3 Å². The smallest absolute Gasteiger partial charge is 0.245 e. The van der Waals surface area contributed by atoms with Crippen LogP contribution in [0.2, 0.25) is 0 Å². The second-order valence-electron chi connectivity index (χ2n) is 2.34. The molecule has 1 rings (SSSR count). The summed E-state index contributed by atoms with van der Waals surface area (Å²) in [5.74, 6) is 0. The first-order valence-corrected chi connectivity index (χ1v) is 3.98. The Morgan fingerprint density at radius 3 is 2.77 bits per heavy atom. The van der Waals surface area contributed by atoms with Gasteiger partial charge in [0.25, 0.3) is 0 Å². The highest BCUT2D eigenvalue weighted by atomic mass is 35.5. The van der Waals surface area contributed by atoms with Gasteiger partial charge < -0.3 is 0 Å². The Balaban J connectivity index is 3.02. The van der Waals surface area contributed by atoms with E-state index in [-0.39, 0.29) is 0 Å². The third-order valence-corrected chi connectivity index (χ3v) is 1.60. The van der Waals surface area contributed by atoms with E-state index in [2.05, 4.69) is 0 Å². The quantitative estimate of drug-likeness (QED) is 0.532.